The van der Waals surface area contributed by atoms with Crippen molar-refractivity contribution in [2.24, 2.45) is 5.41 Å². The fourth-order valence-corrected chi connectivity index (χ4v) is 4.12. The third-order valence-corrected chi connectivity index (χ3v) is 5.63. The van der Waals surface area contributed by atoms with Crippen LogP contribution in [0, 0.1) is 5.41 Å². The van der Waals surface area contributed by atoms with Gasteiger partial charge >= 0.3 is 0 Å². The minimum absolute atomic E-state index is 0.244. The van der Waals surface area contributed by atoms with E-state index in [0.717, 1.165) is 18.0 Å². The van der Waals surface area contributed by atoms with Crippen molar-refractivity contribution >= 4 is 0 Å². The van der Waals surface area contributed by atoms with E-state index in [2.05, 4.69) is 37.9 Å². The molecule has 2 fully saturated rings. The number of nitrogens with zero attached hydrogens (tertiary/aromatic N) is 1. The third-order valence-electron chi connectivity index (χ3n) is 5.63. The Balaban J connectivity index is 1.81. The first kappa shape index (κ1) is 16.3. The van der Waals surface area contributed by atoms with E-state index in [4.69, 9.17) is 0 Å². The molecule has 20 heavy (non-hydrogen) atoms. The molecule has 1 N–H and O–H groups in total. The van der Waals surface area contributed by atoms with Crippen molar-refractivity contribution in [2.75, 3.05) is 19.6 Å². The van der Waals surface area contributed by atoms with Crippen LogP contribution >= 0.6 is 0 Å². The van der Waals surface area contributed by atoms with Gasteiger partial charge in [-0.15, -0.1) is 0 Å². The van der Waals surface area contributed by atoms with Gasteiger partial charge in [0.05, 0.1) is 0 Å². The molecule has 0 aromatic carbocycles. The zero-order valence-corrected chi connectivity index (χ0v) is 14.3. The van der Waals surface area contributed by atoms with E-state index in [-0.39, 0.29) is 5.54 Å². The Labute approximate surface area is 126 Å². The number of piperidine rings is 1. The highest BCUT2D eigenvalue weighted by atomic mass is 15.2. The fourth-order valence-electron chi connectivity index (χ4n) is 4.12. The van der Waals surface area contributed by atoms with Crippen LogP contribution in [0.4, 0.5) is 0 Å². The molecule has 0 aromatic rings. The van der Waals surface area contributed by atoms with Crippen LogP contribution in [-0.2, 0) is 0 Å². The van der Waals surface area contributed by atoms with Crippen molar-refractivity contribution in [3.05, 3.63) is 0 Å². The van der Waals surface area contributed by atoms with Crippen LogP contribution in [0.5, 0.6) is 0 Å². The number of hydrogen-bond donors (Lipinski definition) is 1. The summed E-state index contributed by atoms with van der Waals surface area (Å²) in [5.74, 6) is 0. The normalized spacial score (nSPS) is 25.8. The lowest BCUT2D eigenvalue weighted by Crippen LogP contribution is -2.51. The Morgan fingerprint density at radius 2 is 1.60 bits per heavy atom. The summed E-state index contributed by atoms with van der Waals surface area (Å²) in [6.07, 6.45) is 11.7. The maximum Gasteiger partial charge on any atom is 0.0218 e. The second-order valence-electron chi connectivity index (χ2n) is 8.29. The van der Waals surface area contributed by atoms with Gasteiger partial charge < -0.3 is 5.32 Å². The molecule has 2 heteroatoms. The Kier molecular flexibility index (Phi) is 5.53. The molecule has 1 unspecified atom stereocenters. The molecule has 0 aromatic heterocycles. The summed E-state index contributed by atoms with van der Waals surface area (Å²) in [6.45, 7) is 13.0. The van der Waals surface area contributed by atoms with Crippen LogP contribution in [0.15, 0.2) is 0 Å². The molecule has 1 aliphatic heterocycles. The smallest absolute Gasteiger partial charge is 0.0218 e. The van der Waals surface area contributed by atoms with Crippen molar-refractivity contribution in [3.8, 4) is 0 Å². The van der Waals surface area contributed by atoms with Gasteiger partial charge in [0.2, 0.25) is 0 Å². The van der Waals surface area contributed by atoms with Crippen LogP contribution < -0.4 is 5.32 Å². The molecule has 1 atom stereocenters. The summed E-state index contributed by atoms with van der Waals surface area (Å²) < 4.78 is 0. The van der Waals surface area contributed by atoms with E-state index in [1.807, 2.05) is 0 Å². The second kappa shape index (κ2) is 6.79. The third kappa shape index (κ3) is 4.46. The number of likely N-dealkylation sites (tertiary alicyclic amines) is 1. The van der Waals surface area contributed by atoms with Crippen LogP contribution in [0.3, 0.4) is 0 Å². The molecule has 1 saturated carbocycles. The van der Waals surface area contributed by atoms with E-state index < -0.39 is 0 Å². The summed E-state index contributed by atoms with van der Waals surface area (Å²) in [5, 5.41) is 3.70. The van der Waals surface area contributed by atoms with Gasteiger partial charge in [0.25, 0.3) is 0 Å². The maximum absolute atomic E-state index is 3.70. The molecule has 1 heterocycles. The SMILES string of the molecule is CCC(CNC(C)(C)C)N1CCC2(CCCCC2)CC1. The van der Waals surface area contributed by atoms with Crippen LogP contribution in [0.2, 0.25) is 0 Å². The summed E-state index contributed by atoms with van der Waals surface area (Å²) >= 11 is 0. The van der Waals surface area contributed by atoms with Crippen molar-refractivity contribution in [1.82, 2.24) is 10.2 Å². The molecule has 1 saturated heterocycles. The summed E-state index contributed by atoms with van der Waals surface area (Å²) in [4.78, 5) is 2.76. The van der Waals surface area contributed by atoms with Crippen molar-refractivity contribution in [3.63, 3.8) is 0 Å². The highest BCUT2D eigenvalue weighted by molar-refractivity contribution is 4.90. The molecule has 2 nitrogen and oxygen atoms in total. The van der Waals surface area contributed by atoms with Gasteiger partial charge in [-0.25, -0.2) is 0 Å². The Morgan fingerprint density at radius 3 is 2.10 bits per heavy atom. The van der Waals surface area contributed by atoms with Gasteiger partial charge in [-0.3, -0.25) is 4.90 Å². The predicted octanol–water partition coefficient (Wildman–Crippen LogP) is 4.20. The van der Waals surface area contributed by atoms with Crippen molar-refractivity contribution in [2.45, 2.75) is 90.6 Å². The molecule has 1 spiro atoms. The maximum atomic E-state index is 3.70. The zero-order valence-electron chi connectivity index (χ0n) is 14.3. The molecule has 118 valence electrons. The van der Waals surface area contributed by atoms with E-state index in [1.54, 1.807) is 0 Å². The van der Waals surface area contributed by atoms with Gasteiger partial charge in [-0.2, -0.15) is 0 Å². The summed E-state index contributed by atoms with van der Waals surface area (Å²) in [7, 11) is 0. The van der Waals surface area contributed by atoms with Gasteiger partial charge in [-0.05, 0) is 71.4 Å². The van der Waals surface area contributed by atoms with Crippen molar-refractivity contribution < 1.29 is 0 Å². The van der Waals surface area contributed by atoms with Gasteiger partial charge in [-0.1, -0.05) is 26.2 Å². The monoisotopic (exact) mass is 280 g/mol. The lowest BCUT2D eigenvalue weighted by atomic mass is 9.68. The Bertz CT molecular complexity index is 276. The van der Waals surface area contributed by atoms with E-state index in [0.29, 0.717) is 0 Å². The van der Waals surface area contributed by atoms with Gasteiger partial charge in [0.15, 0.2) is 0 Å². The lowest BCUT2D eigenvalue weighted by Gasteiger charge is -2.46. The fraction of sp³-hybridized carbons (Fsp3) is 1.00. The first-order valence-electron chi connectivity index (χ1n) is 8.93. The highest BCUT2D eigenvalue weighted by Gasteiger charge is 2.36. The minimum atomic E-state index is 0.244. The topological polar surface area (TPSA) is 15.3 Å². The van der Waals surface area contributed by atoms with Gasteiger partial charge in [0.1, 0.15) is 0 Å². The number of rotatable bonds is 4. The van der Waals surface area contributed by atoms with E-state index >= 15 is 0 Å². The van der Waals surface area contributed by atoms with Crippen LogP contribution in [-0.4, -0.2) is 36.1 Å². The predicted molar refractivity (Wildman–Crippen MR) is 88.2 cm³/mol. The van der Waals surface area contributed by atoms with Crippen molar-refractivity contribution in [1.29, 1.82) is 0 Å². The summed E-state index contributed by atoms with van der Waals surface area (Å²) in [5.41, 5.74) is 0.984. The quantitative estimate of drug-likeness (QED) is 0.830. The molecule has 1 aliphatic carbocycles. The largest absolute Gasteiger partial charge is 0.311 e. The van der Waals surface area contributed by atoms with Crippen LogP contribution in [0.25, 0.3) is 0 Å². The first-order valence-corrected chi connectivity index (χ1v) is 8.93. The van der Waals surface area contributed by atoms with Crippen LogP contribution in [0.1, 0.15) is 79.1 Å². The summed E-state index contributed by atoms with van der Waals surface area (Å²) in [6, 6.07) is 0.732. The standard InChI is InChI=1S/C18H36N2/c1-5-16(15-19-17(2,3)4)20-13-11-18(12-14-20)9-7-6-8-10-18/h16,19H,5-15H2,1-4H3. The van der Waals surface area contributed by atoms with E-state index in [9.17, 15) is 0 Å². The Morgan fingerprint density at radius 1 is 1.00 bits per heavy atom. The van der Waals surface area contributed by atoms with Gasteiger partial charge in [0, 0.05) is 18.1 Å². The lowest BCUT2D eigenvalue weighted by molar-refractivity contribution is 0.0424. The molecule has 2 aliphatic rings. The molecule has 0 amide bonds. The average molecular weight is 280 g/mol. The second-order valence-corrected chi connectivity index (χ2v) is 8.29. The average Bonchev–Trinajstić information content (AvgIpc) is 2.41. The molecule has 2 rings (SSSR count). The molecule has 0 radical (unpaired) electrons. The molecular formula is C18H36N2. The van der Waals surface area contributed by atoms with E-state index in [1.165, 1.54) is 64.5 Å². The molecule has 0 bridgehead atoms. The first-order chi connectivity index (χ1) is 9.44. The Hall–Kier alpha value is -0.0800. The number of nitrogens with one attached hydrogen (secondary N) is 1. The zero-order chi connectivity index (χ0) is 14.6. The number of hydrogen-bond acceptors (Lipinski definition) is 2. The highest BCUT2D eigenvalue weighted by Crippen LogP contribution is 2.44. The molecular weight excluding hydrogens is 244 g/mol. The minimum Gasteiger partial charge on any atom is -0.311 e.